The summed E-state index contributed by atoms with van der Waals surface area (Å²) in [7, 11) is 1.80. The average molecular weight is 191 g/mol. The second-order valence-corrected chi connectivity index (χ2v) is 2.75. The van der Waals surface area contributed by atoms with E-state index in [1.165, 1.54) is 0 Å². The van der Waals surface area contributed by atoms with Gasteiger partial charge in [0, 0.05) is 13.2 Å². The van der Waals surface area contributed by atoms with E-state index < -0.39 is 0 Å². The van der Waals surface area contributed by atoms with Crippen molar-refractivity contribution in [3.63, 3.8) is 0 Å². The first-order valence-corrected chi connectivity index (χ1v) is 3.92. The first-order valence-electron chi connectivity index (χ1n) is 3.92. The lowest BCUT2D eigenvalue weighted by molar-refractivity contribution is 0.768. The Morgan fingerprint density at radius 3 is 2.29 bits per heavy atom. The molecule has 7 nitrogen and oxygen atoms in total. The quantitative estimate of drug-likeness (QED) is 0.625. The summed E-state index contributed by atoms with van der Waals surface area (Å²) in [5.74, 6) is 0.576. The molecule has 0 aliphatic carbocycles. The maximum Gasteiger partial charge on any atom is 0.225 e. The fourth-order valence-corrected chi connectivity index (χ4v) is 1.06. The van der Waals surface area contributed by atoms with Crippen LogP contribution in [0.25, 0.3) is 11.5 Å². The monoisotopic (exact) mass is 191 g/mol. The van der Waals surface area contributed by atoms with E-state index in [0.29, 0.717) is 11.5 Å². The zero-order valence-electron chi connectivity index (χ0n) is 7.55. The number of aryl methyl sites for hydroxylation is 1. The summed E-state index contributed by atoms with van der Waals surface area (Å²) in [4.78, 5) is 11.5. The second-order valence-electron chi connectivity index (χ2n) is 2.75. The highest BCUT2D eigenvalue weighted by atomic mass is 15.3. The molecule has 2 rings (SSSR count). The largest absolute Gasteiger partial charge is 0.368 e. The fourth-order valence-electron chi connectivity index (χ4n) is 1.06. The van der Waals surface area contributed by atoms with Gasteiger partial charge in [0.2, 0.25) is 11.9 Å². The fraction of sp³-hybridized carbons (Fsp3) is 0.143. The van der Waals surface area contributed by atoms with Gasteiger partial charge < -0.3 is 11.5 Å². The second kappa shape index (κ2) is 2.95. The molecule has 0 spiro atoms. The Labute approximate surface area is 79.8 Å². The normalized spacial score (nSPS) is 10.4. The molecule has 7 heteroatoms. The van der Waals surface area contributed by atoms with Crippen molar-refractivity contribution in [2.45, 2.75) is 0 Å². The SMILES string of the molecule is Cn1ccc(-c2nc(N)nc(N)n2)n1. The molecule has 0 radical (unpaired) electrons. The van der Waals surface area contributed by atoms with E-state index >= 15 is 0 Å². The van der Waals surface area contributed by atoms with Crippen molar-refractivity contribution >= 4 is 11.9 Å². The summed E-state index contributed by atoms with van der Waals surface area (Å²) in [5.41, 5.74) is 11.5. The molecule has 14 heavy (non-hydrogen) atoms. The summed E-state index contributed by atoms with van der Waals surface area (Å²) in [6, 6.07) is 1.77. The highest BCUT2D eigenvalue weighted by Gasteiger charge is 2.06. The minimum atomic E-state index is 0.0955. The van der Waals surface area contributed by atoms with Crippen LogP contribution in [0, 0.1) is 0 Å². The topological polar surface area (TPSA) is 109 Å². The molecule has 0 saturated heterocycles. The molecule has 0 unspecified atom stereocenters. The summed E-state index contributed by atoms with van der Waals surface area (Å²) in [6.07, 6.45) is 1.78. The molecular formula is C7H9N7. The molecule has 0 fully saturated rings. The van der Waals surface area contributed by atoms with Crippen LogP contribution in [0.1, 0.15) is 0 Å². The lowest BCUT2D eigenvalue weighted by atomic mass is 10.4. The van der Waals surface area contributed by atoms with Gasteiger partial charge in [0.15, 0.2) is 5.82 Å². The van der Waals surface area contributed by atoms with E-state index in [0.717, 1.165) is 0 Å². The van der Waals surface area contributed by atoms with E-state index in [2.05, 4.69) is 20.1 Å². The van der Waals surface area contributed by atoms with Crippen molar-refractivity contribution in [1.82, 2.24) is 24.7 Å². The van der Waals surface area contributed by atoms with Gasteiger partial charge in [0.25, 0.3) is 0 Å². The molecule has 0 aliphatic rings. The van der Waals surface area contributed by atoms with E-state index in [4.69, 9.17) is 11.5 Å². The van der Waals surface area contributed by atoms with E-state index in [1.54, 1.807) is 24.0 Å². The highest BCUT2D eigenvalue weighted by Crippen LogP contribution is 2.12. The van der Waals surface area contributed by atoms with E-state index in [1.807, 2.05) is 0 Å². The van der Waals surface area contributed by atoms with Gasteiger partial charge in [-0.25, -0.2) is 0 Å². The van der Waals surface area contributed by atoms with Crippen LogP contribution in [0.2, 0.25) is 0 Å². The molecule has 0 bridgehead atoms. The minimum absolute atomic E-state index is 0.0955. The molecule has 4 N–H and O–H groups in total. The van der Waals surface area contributed by atoms with Crippen LogP contribution in [-0.2, 0) is 7.05 Å². The van der Waals surface area contributed by atoms with Gasteiger partial charge in [0.1, 0.15) is 5.69 Å². The van der Waals surface area contributed by atoms with Crippen molar-refractivity contribution < 1.29 is 0 Å². The van der Waals surface area contributed by atoms with Crippen LogP contribution in [-0.4, -0.2) is 24.7 Å². The summed E-state index contributed by atoms with van der Waals surface area (Å²) < 4.78 is 1.64. The number of anilines is 2. The zero-order valence-corrected chi connectivity index (χ0v) is 7.55. The molecule has 2 aromatic heterocycles. The molecule has 2 aromatic rings. The van der Waals surface area contributed by atoms with Crippen LogP contribution in [0.3, 0.4) is 0 Å². The molecule has 72 valence electrons. The lowest BCUT2D eigenvalue weighted by Crippen LogP contribution is -2.04. The lowest BCUT2D eigenvalue weighted by Gasteiger charge is -1.97. The van der Waals surface area contributed by atoms with Gasteiger partial charge >= 0.3 is 0 Å². The summed E-state index contributed by atoms with van der Waals surface area (Å²) >= 11 is 0. The number of hydrogen-bond donors (Lipinski definition) is 2. The van der Waals surface area contributed by atoms with Crippen molar-refractivity contribution in [2.24, 2.45) is 7.05 Å². The Morgan fingerprint density at radius 1 is 1.14 bits per heavy atom. The standard InChI is InChI=1S/C7H9N7/c1-14-3-2-4(13-14)5-10-6(8)12-7(9)11-5/h2-3H,1H3,(H4,8,9,10,11,12). The molecule has 0 amide bonds. The number of nitrogens with two attached hydrogens (primary N) is 2. The third kappa shape index (κ3) is 1.47. The molecule has 0 atom stereocenters. The van der Waals surface area contributed by atoms with Gasteiger partial charge in [-0.3, -0.25) is 4.68 Å². The van der Waals surface area contributed by atoms with Gasteiger partial charge in [-0.15, -0.1) is 0 Å². The van der Waals surface area contributed by atoms with E-state index in [9.17, 15) is 0 Å². The zero-order chi connectivity index (χ0) is 10.1. The van der Waals surface area contributed by atoms with Gasteiger partial charge in [-0.05, 0) is 6.07 Å². The number of rotatable bonds is 1. The molecule has 0 aliphatic heterocycles. The predicted molar refractivity (Wildman–Crippen MR) is 50.9 cm³/mol. The van der Waals surface area contributed by atoms with Crippen molar-refractivity contribution in [1.29, 1.82) is 0 Å². The van der Waals surface area contributed by atoms with Crippen LogP contribution < -0.4 is 11.5 Å². The maximum atomic E-state index is 5.43. The van der Waals surface area contributed by atoms with Crippen LogP contribution in [0.4, 0.5) is 11.9 Å². The van der Waals surface area contributed by atoms with Gasteiger partial charge in [0.05, 0.1) is 0 Å². The smallest absolute Gasteiger partial charge is 0.225 e. The van der Waals surface area contributed by atoms with Crippen molar-refractivity contribution in [2.75, 3.05) is 11.5 Å². The first kappa shape index (κ1) is 8.42. The Bertz CT molecular complexity index is 441. The summed E-state index contributed by atoms with van der Waals surface area (Å²) in [6.45, 7) is 0. The number of aromatic nitrogens is 5. The predicted octanol–water partition coefficient (Wildman–Crippen LogP) is -0.564. The average Bonchev–Trinajstić information content (AvgIpc) is 2.50. The third-order valence-electron chi connectivity index (χ3n) is 1.61. The molecule has 2 heterocycles. The number of nitrogens with zero attached hydrogens (tertiary/aromatic N) is 5. The van der Waals surface area contributed by atoms with E-state index in [-0.39, 0.29) is 11.9 Å². The Hall–Kier alpha value is -2.18. The summed E-state index contributed by atoms with van der Waals surface area (Å²) in [5, 5.41) is 4.12. The van der Waals surface area contributed by atoms with Gasteiger partial charge in [-0.2, -0.15) is 20.1 Å². The third-order valence-corrected chi connectivity index (χ3v) is 1.61. The maximum absolute atomic E-state index is 5.43. The minimum Gasteiger partial charge on any atom is -0.368 e. The van der Waals surface area contributed by atoms with Crippen molar-refractivity contribution in [3.05, 3.63) is 12.3 Å². The number of hydrogen-bond acceptors (Lipinski definition) is 6. The van der Waals surface area contributed by atoms with Gasteiger partial charge in [-0.1, -0.05) is 0 Å². The van der Waals surface area contributed by atoms with Crippen LogP contribution in [0.5, 0.6) is 0 Å². The Morgan fingerprint density at radius 2 is 1.79 bits per heavy atom. The molecule has 0 saturated carbocycles. The Balaban J connectivity index is 2.51. The molecular weight excluding hydrogens is 182 g/mol. The van der Waals surface area contributed by atoms with Crippen molar-refractivity contribution in [3.8, 4) is 11.5 Å². The molecule has 0 aromatic carbocycles. The van der Waals surface area contributed by atoms with Crippen LogP contribution >= 0.6 is 0 Å². The van der Waals surface area contributed by atoms with Crippen LogP contribution in [0.15, 0.2) is 12.3 Å². The first-order chi connectivity index (χ1) is 6.65. The number of nitrogen functional groups attached to an aromatic ring is 2. The Kier molecular flexibility index (Phi) is 1.77. The highest BCUT2D eigenvalue weighted by molar-refractivity contribution is 5.51.